The minimum atomic E-state index is -1.04. The summed E-state index contributed by atoms with van der Waals surface area (Å²) in [6.07, 6.45) is 3.29. The Labute approximate surface area is 121 Å². The highest BCUT2D eigenvalue weighted by Crippen LogP contribution is 2.31. The zero-order valence-electron chi connectivity index (χ0n) is 11.5. The average Bonchev–Trinajstić information content (AvgIpc) is 2.38. The summed E-state index contributed by atoms with van der Waals surface area (Å²) in [7, 11) is 0. The molecule has 2 N–H and O–H groups in total. The minimum Gasteiger partial charge on any atom is -0.481 e. The van der Waals surface area contributed by atoms with Crippen LogP contribution in [0.5, 0.6) is 0 Å². The highest BCUT2D eigenvalue weighted by atomic mass is 19.1. The molecule has 114 valence electrons. The van der Waals surface area contributed by atoms with Crippen molar-refractivity contribution < 1.29 is 23.5 Å². The summed E-state index contributed by atoms with van der Waals surface area (Å²) < 4.78 is 27.3. The van der Waals surface area contributed by atoms with Crippen molar-refractivity contribution in [1.82, 2.24) is 5.32 Å². The van der Waals surface area contributed by atoms with Gasteiger partial charge in [0.15, 0.2) is 0 Å². The van der Waals surface area contributed by atoms with Crippen molar-refractivity contribution in [2.75, 3.05) is 0 Å². The average molecular weight is 297 g/mol. The number of carboxylic acid groups (broad SMARTS) is 1. The summed E-state index contributed by atoms with van der Waals surface area (Å²) in [6.45, 7) is 0. The van der Waals surface area contributed by atoms with Crippen molar-refractivity contribution in [2.45, 2.75) is 44.1 Å². The second kappa shape index (κ2) is 6.20. The van der Waals surface area contributed by atoms with E-state index in [0.29, 0.717) is 12.8 Å². The monoisotopic (exact) mass is 297 g/mol. The fourth-order valence-corrected chi connectivity index (χ4v) is 2.88. The van der Waals surface area contributed by atoms with E-state index in [0.717, 1.165) is 31.4 Å². The summed E-state index contributed by atoms with van der Waals surface area (Å²) >= 11 is 0. The maximum absolute atomic E-state index is 13.6. The van der Waals surface area contributed by atoms with Crippen LogP contribution in [0.1, 0.15) is 48.9 Å². The lowest BCUT2D eigenvalue weighted by Gasteiger charge is -2.37. The molecule has 0 spiro atoms. The smallest absolute Gasteiger partial charge is 0.305 e. The van der Waals surface area contributed by atoms with Gasteiger partial charge in [-0.05, 0) is 25.0 Å². The quantitative estimate of drug-likeness (QED) is 0.898. The first-order chi connectivity index (χ1) is 9.93. The zero-order valence-corrected chi connectivity index (χ0v) is 11.5. The lowest BCUT2D eigenvalue weighted by molar-refractivity contribution is -0.139. The van der Waals surface area contributed by atoms with Gasteiger partial charge in [-0.2, -0.15) is 0 Å². The second-order valence-corrected chi connectivity index (χ2v) is 5.46. The van der Waals surface area contributed by atoms with Gasteiger partial charge in [0.1, 0.15) is 17.2 Å². The third kappa shape index (κ3) is 3.56. The van der Waals surface area contributed by atoms with Crippen molar-refractivity contribution in [3.05, 3.63) is 35.4 Å². The van der Waals surface area contributed by atoms with Crippen molar-refractivity contribution in [1.29, 1.82) is 0 Å². The third-order valence-corrected chi connectivity index (χ3v) is 3.87. The van der Waals surface area contributed by atoms with Gasteiger partial charge in [-0.25, -0.2) is 8.78 Å². The van der Waals surface area contributed by atoms with E-state index >= 15 is 0 Å². The standard InChI is InChI=1S/C15H17F2NO3/c16-10-5-4-6-11(17)13(10)14(21)18-15(9-12(19)20)7-2-1-3-8-15/h4-6H,1-3,7-9H2,(H,18,21)(H,19,20). The van der Waals surface area contributed by atoms with Gasteiger partial charge in [0, 0.05) is 0 Å². The Kier molecular flexibility index (Phi) is 4.55. The van der Waals surface area contributed by atoms with Gasteiger partial charge >= 0.3 is 5.97 Å². The molecule has 1 aliphatic carbocycles. The summed E-state index contributed by atoms with van der Waals surface area (Å²) in [6, 6.07) is 3.18. The molecule has 4 nitrogen and oxygen atoms in total. The van der Waals surface area contributed by atoms with Crippen LogP contribution in [-0.4, -0.2) is 22.5 Å². The first kappa shape index (κ1) is 15.4. The molecule has 1 aromatic carbocycles. The van der Waals surface area contributed by atoms with E-state index in [1.165, 1.54) is 6.07 Å². The van der Waals surface area contributed by atoms with Crippen molar-refractivity contribution in [3.63, 3.8) is 0 Å². The van der Waals surface area contributed by atoms with E-state index in [4.69, 9.17) is 5.11 Å². The summed E-state index contributed by atoms with van der Waals surface area (Å²) in [5, 5.41) is 11.6. The highest BCUT2D eigenvalue weighted by molar-refractivity contribution is 5.95. The number of carbonyl (C=O) groups is 2. The first-order valence-corrected chi connectivity index (χ1v) is 6.92. The van der Waals surface area contributed by atoms with Crippen molar-refractivity contribution in [2.24, 2.45) is 0 Å². The first-order valence-electron chi connectivity index (χ1n) is 6.92. The molecule has 2 rings (SSSR count). The molecule has 0 atom stereocenters. The molecular formula is C15H17F2NO3. The Morgan fingerprint density at radius 1 is 1.14 bits per heavy atom. The Morgan fingerprint density at radius 2 is 1.71 bits per heavy atom. The molecule has 0 radical (unpaired) electrons. The van der Waals surface area contributed by atoms with Crippen LogP contribution in [-0.2, 0) is 4.79 Å². The predicted octanol–water partition coefficient (Wildman–Crippen LogP) is 2.87. The molecule has 1 amide bonds. The number of carboxylic acids is 1. The molecule has 1 aliphatic rings. The molecule has 1 fully saturated rings. The molecule has 0 heterocycles. The summed E-state index contributed by atoms with van der Waals surface area (Å²) in [4.78, 5) is 23.2. The zero-order chi connectivity index (χ0) is 15.5. The number of amides is 1. The van der Waals surface area contributed by atoms with Gasteiger partial charge in [-0.15, -0.1) is 0 Å². The highest BCUT2D eigenvalue weighted by Gasteiger charge is 2.37. The normalized spacial score (nSPS) is 17.2. The Morgan fingerprint density at radius 3 is 2.24 bits per heavy atom. The number of hydrogen-bond acceptors (Lipinski definition) is 2. The number of hydrogen-bond donors (Lipinski definition) is 2. The van der Waals surface area contributed by atoms with E-state index in [1.807, 2.05) is 0 Å². The van der Waals surface area contributed by atoms with E-state index < -0.39 is 34.6 Å². The molecule has 1 saturated carbocycles. The number of aliphatic carboxylic acids is 1. The van der Waals surface area contributed by atoms with Gasteiger partial charge in [-0.1, -0.05) is 25.3 Å². The lowest BCUT2D eigenvalue weighted by Crippen LogP contribution is -2.51. The second-order valence-electron chi connectivity index (χ2n) is 5.46. The number of carbonyl (C=O) groups excluding carboxylic acids is 1. The van der Waals surface area contributed by atoms with Crippen molar-refractivity contribution in [3.8, 4) is 0 Å². The van der Waals surface area contributed by atoms with Gasteiger partial charge in [0.05, 0.1) is 12.0 Å². The Balaban J connectivity index is 2.24. The van der Waals surface area contributed by atoms with Crippen LogP contribution in [0.25, 0.3) is 0 Å². The van der Waals surface area contributed by atoms with Gasteiger partial charge < -0.3 is 10.4 Å². The van der Waals surface area contributed by atoms with Crippen LogP contribution in [0, 0.1) is 11.6 Å². The van der Waals surface area contributed by atoms with E-state index in [-0.39, 0.29) is 6.42 Å². The Hall–Kier alpha value is -1.98. The van der Waals surface area contributed by atoms with Crippen LogP contribution in [0.15, 0.2) is 18.2 Å². The number of nitrogens with one attached hydrogen (secondary N) is 1. The number of benzene rings is 1. The third-order valence-electron chi connectivity index (χ3n) is 3.87. The molecule has 0 saturated heterocycles. The van der Waals surface area contributed by atoms with Crippen LogP contribution in [0.4, 0.5) is 8.78 Å². The molecule has 0 unspecified atom stereocenters. The predicted molar refractivity (Wildman–Crippen MR) is 71.9 cm³/mol. The van der Waals surface area contributed by atoms with E-state index in [1.54, 1.807) is 0 Å². The van der Waals surface area contributed by atoms with Gasteiger partial charge in [0.2, 0.25) is 0 Å². The molecule has 1 aromatic rings. The van der Waals surface area contributed by atoms with Crippen LogP contribution >= 0.6 is 0 Å². The Bertz CT molecular complexity index is 534. The topological polar surface area (TPSA) is 66.4 Å². The molecule has 21 heavy (non-hydrogen) atoms. The van der Waals surface area contributed by atoms with Crippen LogP contribution < -0.4 is 5.32 Å². The fraction of sp³-hybridized carbons (Fsp3) is 0.467. The van der Waals surface area contributed by atoms with Crippen molar-refractivity contribution >= 4 is 11.9 Å². The summed E-state index contributed by atoms with van der Waals surface area (Å²) in [5.74, 6) is -3.83. The van der Waals surface area contributed by atoms with Crippen LogP contribution in [0.3, 0.4) is 0 Å². The maximum atomic E-state index is 13.6. The minimum absolute atomic E-state index is 0.241. The van der Waals surface area contributed by atoms with Crippen LogP contribution in [0.2, 0.25) is 0 Å². The fourth-order valence-electron chi connectivity index (χ4n) is 2.88. The largest absolute Gasteiger partial charge is 0.481 e. The molecule has 0 aromatic heterocycles. The van der Waals surface area contributed by atoms with E-state index in [9.17, 15) is 18.4 Å². The maximum Gasteiger partial charge on any atom is 0.305 e. The summed E-state index contributed by atoms with van der Waals surface area (Å²) in [5.41, 5.74) is -1.58. The van der Waals surface area contributed by atoms with E-state index in [2.05, 4.69) is 5.32 Å². The number of rotatable bonds is 4. The molecule has 6 heteroatoms. The molecular weight excluding hydrogens is 280 g/mol. The lowest BCUT2D eigenvalue weighted by atomic mass is 9.79. The molecule has 0 aliphatic heterocycles. The van der Waals surface area contributed by atoms with Gasteiger partial charge in [0.25, 0.3) is 5.91 Å². The molecule has 0 bridgehead atoms. The number of halogens is 2. The van der Waals surface area contributed by atoms with Gasteiger partial charge in [-0.3, -0.25) is 9.59 Å². The SMILES string of the molecule is O=C(O)CC1(NC(=O)c2c(F)cccc2F)CCCCC1.